The van der Waals surface area contributed by atoms with E-state index in [0.717, 1.165) is 16.3 Å². The Bertz CT molecular complexity index is 1900. The number of halogens is 1. The number of nitrogens with zero attached hydrogens (tertiary/aromatic N) is 5. The predicted octanol–water partition coefficient (Wildman–Crippen LogP) is 10.2. The molecular weight excluding hydrogens is 578 g/mol. The van der Waals surface area contributed by atoms with E-state index in [1.54, 1.807) is 30.3 Å². The van der Waals surface area contributed by atoms with Gasteiger partial charge in [-0.05, 0) is 84.9 Å². The Morgan fingerprint density at radius 1 is 0.558 bits per heavy atom. The highest BCUT2D eigenvalue weighted by Gasteiger charge is 2.33. The maximum Gasteiger partial charge on any atom is 0.196 e. The average molecular weight is 602 g/mol. The lowest BCUT2D eigenvalue weighted by molar-refractivity contribution is 0.0977. The largest absolute Gasteiger partial charge is 0.378 e. The Hall–Kier alpha value is -4.92. The number of hydrogen-bond acceptors (Lipinski definition) is 8. The van der Waals surface area contributed by atoms with Crippen LogP contribution < -0.4 is 4.90 Å². The summed E-state index contributed by atoms with van der Waals surface area (Å²) < 4.78 is 0. The van der Waals surface area contributed by atoms with Gasteiger partial charge in [0.2, 0.25) is 0 Å². The molecule has 43 heavy (non-hydrogen) atoms. The fraction of sp³-hybridized carbons (Fsp3) is 0.0588. The normalized spacial score (nSPS) is 12.5. The number of hydrogen-bond donors (Lipinski definition) is 0. The lowest BCUT2D eigenvalue weighted by atomic mass is 9.84. The van der Waals surface area contributed by atoms with Crippen molar-refractivity contribution in [1.82, 2.24) is 0 Å². The Morgan fingerprint density at radius 2 is 1.00 bits per heavy atom. The predicted molar refractivity (Wildman–Crippen MR) is 171 cm³/mol. The first-order valence-corrected chi connectivity index (χ1v) is 14.6. The zero-order valence-corrected chi connectivity index (χ0v) is 24.8. The third kappa shape index (κ3) is 6.02. The zero-order chi connectivity index (χ0) is 29.9. The lowest BCUT2D eigenvalue weighted by Gasteiger charge is -2.20. The number of carbonyl (C=O) groups is 2. The van der Waals surface area contributed by atoms with Crippen molar-refractivity contribution in [2.24, 2.45) is 20.5 Å². The van der Waals surface area contributed by atoms with E-state index in [0.29, 0.717) is 38.6 Å². The van der Waals surface area contributed by atoms with Gasteiger partial charge < -0.3 is 4.90 Å². The number of fused-ring (bicyclic) bond motifs is 2. The van der Waals surface area contributed by atoms with Crippen molar-refractivity contribution >= 4 is 63.4 Å². The van der Waals surface area contributed by atoms with Gasteiger partial charge in [-0.2, -0.15) is 20.5 Å². The van der Waals surface area contributed by atoms with E-state index in [-0.39, 0.29) is 22.2 Å². The summed E-state index contributed by atoms with van der Waals surface area (Å²) in [5, 5.41) is 17.5. The van der Waals surface area contributed by atoms with Gasteiger partial charge in [-0.25, -0.2) is 0 Å². The second-order valence-electron chi connectivity index (χ2n) is 9.92. The molecule has 210 valence electrons. The smallest absolute Gasteiger partial charge is 0.196 e. The summed E-state index contributed by atoms with van der Waals surface area (Å²) in [5.41, 5.74) is 5.33. The summed E-state index contributed by atoms with van der Waals surface area (Å²) in [6.07, 6.45) is 0. The quantitative estimate of drug-likeness (QED) is 0.170. The van der Waals surface area contributed by atoms with Gasteiger partial charge in [0, 0.05) is 46.3 Å². The molecule has 0 N–H and O–H groups in total. The second kappa shape index (κ2) is 12.1. The van der Waals surface area contributed by atoms with Crippen LogP contribution in [-0.4, -0.2) is 25.7 Å². The fourth-order valence-electron chi connectivity index (χ4n) is 4.60. The van der Waals surface area contributed by atoms with Crippen LogP contribution in [0.5, 0.6) is 0 Å². The Balaban J connectivity index is 1.12. The van der Waals surface area contributed by atoms with E-state index < -0.39 is 0 Å². The number of azo groups is 2. The van der Waals surface area contributed by atoms with Crippen LogP contribution in [0.2, 0.25) is 5.02 Å². The van der Waals surface area contributed by atoms with Gasteiger partial charge in [0.05, 0.1) is 33.3 Å². The zero-order valence-electron chi connectivity index (χ0n) is 23.2. The van der Waals surface area contributed by atoms with Crippen LogP contribution in [-0.2, 0) is 0 Å². The average Bonchev–Trinajstić information content (AvgIpc) is 3.03. The van der Waals surface area contributed by atoms with Crippen LogP contribution in [0.3, 0.4) is 0 Å². The van der Waals surface area contributed by atoms with E-state index in [2.05, 4.69) is 20.5 Å². The van der Waals surface area contributed by atoms with Crippen molar-refractivity contribution in [1.29, 1.82) is 0 Å². The maximum absolute atomic E-state index is 13.4. The molecule has 0 radical (unpaired) electrons. The number of ketones is 2. The second-order valence-corrected chi connectivity index (χ2v) is 11.4. The molecule has 0 fully saturated rings. The first-order chi connectivity index (χ1) is 20.9. The van der Waals surface area contributed by atoms with E-state index in [1.807, 2.05) is 97.9 Å². The molecule has 0 bridgehead atoms. The molecule has 0 atom stereocenters. The van der Waals surface area contributed by atoms with Gasteiger partial charge in [0.25, 0.3) is 0 Å². The summed E-state index contributed by atoms with van der Waals surface area (Å²) in [5.74, 6) is -0.439. The van der Waals surface area contributed by atoms with Crippen LogP contribution in [0.25, 0.3) is 0 Å². The molecule has 0 saturated heterocycles. The number of carbonyl (C=O) groups excluding carboxylic acids is 2. The van der Waals surface area contributed by atoms with Crippen LogP contribution in [0.15, 0.2) is 139 Å². The number of benzene rings is 5. The third-order valence-corrected chi connectivity index (χ3v) is 8.21. The van der Waals surface area contributed by atoms with Crippen LogP contribution in [0, 0.1) is 0 Å². The maximum atomic E-state index is 13.4. The van der Waals surface area contributed by atoms with E-state index in [9.17, 15) is 9.59 Å². The van der Waals surface area contributed by atoms with Crippen molar-refractivity contribution in [3.05, 3.63) is 136 Å². The molecule has 5 aromatic carbocycles. The molecule has 0 aliphatic heterocycles. The van der Waals surface area contributed by atoms with Gasteiger partial charge in [0.15, 0.2) is 11.6 Å². The third-order valence-electron chi connectivity index (χ3n) is 6.83. The van der Waals surface area contributed by atoms with Gasteiger partial charge in [-0.3, -0.25) is 9.59 Å². The van der Waals surface area contributed by atoms with Gasteiger partial charge in [-0.1, -0.05) is 47.6 Å². The highest BCUT2D eigenvalue weighted by Crippen LogP contribution is 2.39. The molecular formula is C34H24ClN5O2S. The van der Waals surface area contributed by atoms with Gasteiger partial charge >= 0.3 is 0 Å². The topological polar surface area (TPSA) is 86.8 Å². The molecule has 0 unspecified atom stereocenters. The summed E-state index contributed by atoms with van der Waals surface area (Å²) in [6.45, 7) is 0. The highest BCUT2D eigenvalue weighted by molar-refractivity contribution is 7.99. The first-order valence-electron chi connectivity index (χ1n) is 13.4. The molecule has 0 heterocycles. The molecule has 9 heteroatoms. The van der Waals surface area contributed by atoms with Crippen molar-refractivity contribution in [3.8, 4) is 0 Å². The SMILES string of the molecule is CN(C)c1ccc(N=Nc2ccc(N=Nc3ccc(Sc4cccc5c4C(=O)c4cccc(Cl)c4C5=O)cc3)cc2)cc1. The van der Waals surface area contributed by atoms with Crippen LogP contribution >= 0.6 is 23.4 Å². The van der Waals surface area contributed by atoms with Gasteiger partial charge in [0.1, 0.15) is 0 Å². The molecule has 0 saturated carbocycles. The first kappa shape index (κ1) is 28.2. The minimum atomic E-state index is -0.237. The molecule has 1 aliphatic carbocycles. The number of rotatable bonds is 7. The van der Waals surface area contributed by atoms with Crippen molar-refractivity contribution < 1.29 is 9.59 Å². The summed E-state index contributed by atoms with van der Waals surface area (Å²) >= 11 is 7.68. The lowest BCUT2D eigenvalue weighted by Crippen LogP contribution is -2.22. The summed E-state index contributed by atoms with van der Waals surface area (Å²) in [7, 11) is 3.99. The van der Waals surface area contributed by atoms with E-state index in [1.165, 1.54) is 11.8 Å². The summed E-state index contributed by atoms with van der Waals surface area (Å²) in [6, 6.07) is 33.0. The van der Waals surface area contributed by atoms with Crippen molar-refractivity contribution in [3.63, 3.8) is 0 Å². The minimum Gasteiger partial charge on any atom is -0.378 e. The minimum absolute atomic E-state index is 0.202. The van der Waals surface area contributed by atoms with E-state index in [4.69, 9.17) is 11.6 Å². The molecule has 0 spiro atoms. The molecule has 0 aromatic heterocycles. The molecule has 1 aliphatic rings. The molecule has 7 nitrogen and oxygen atoms in total. The van der Waals surface area contributed by atoms with Crippen LogP contribution in [0.4, 0.5) is 28.4 Å². The Kier molecular flexibility index (Phi) is 7.96. The number of anilines is 1. The monoisotopic (exact) mass is 601 g/mol. The molecule has 5 aromatic rings. The fourth-order valence-corrected chi connectivity index (χ4v) is 5.83. The van der Waals surface area contributed by atoms with Crippen molar-refractivity contribution in [2.45, 2.75) is 9.79 Å². The highest BCUT2D eigenvalue weighted by atomic mass is 35.5. The summed E-state index contributed by atoms with van der Waals surface area (Å²) in [4.78, 5) is 30.2. The Morgan fingerprint density at radius 3 is 1.53 bits per heavy atom. The standard InChI is InChI=1S/C34H24ClN5O2S/c1-40(2)25-17-13-23(14-18-25)38-36-21-9-11-22(12-10-21)37-39-24-15-19-26(20-16-24)43-30-8-4-6-28-32(30)34(42)27-5-3-7-29(35)31(27)33(28)41/h3-20H,1-2H3. The Labute approximate surface area is 258 Å². The van der Waals surface area contributed by atoms with Crippen LogP contribution in [0.1, 0.15) is 31.8 Å². The molecule has 0 amide bonds. The molecule has 6 rings (SSSR count). The van der Waals surface area contributed by atoms with Crippen molar-refractivity contribution in [2.75, 3.05) is 19.0 Å². The van der Waals surface area contributed by atoms with Gasteiger partial charge in [-0.15, -0.1) is 0 Å². The van der Waals surface area contributed by atoms with E-state index >= 15 is 0 Å².